The topological polar surface area (TPSA) is 106 Å². The number of aliphatic hydroxyl groups excluding tert-OH is 1. The molecule has 5 aromatic rings. The van der Waals surface area contributed by atoms with Gasteiger partial charge in [-0.25, -0.2) is 4.98 Å². The summed E-state index contributed by atoms with van der Waals surface area (Å²) in [5.41, 5.74) is 1.34. The summed E-state index contributed by atoms with van der Waals surface area (Å²) in [5, 5.41) is 11.9. The van der Waals surface area contributed by atoms with Crippen molar-refractivity contribution in [1.82, 2.24) is 14.0 Å². The molecule has 0 amide bonds. The van der Waals surface area contributed by atoms with Crippen LogP contribution in [-0.2, 0) is 19.5 Å². The van der Waals surface area contributed by atoms with Crippen LogP contribution in [-0.4, -0.2) is 66.5 Å². The van der Waals surface area contributed by atoms with E-state index in [4.69, 9.17) is 23.4 Å². The van der Waals surface area contributed by atoms with Gasteiger partial charge in [-0.05, 0) is 59.1 Å². The molecular weight excluding hydrogens is 639 g/mol. The zero-order chi connectivity index (χ0) is 35.0. The van der Waals surface area contributed by atoms with Gasteiger partial charge in [0, 0.05) is 24.7 Å². The van der Waals surface area contributed by atoms with Crippen LogP contribution in [0.1, 0.15) is 43.7 Å². The van der Waals surface area contributed by atoms with Crippen LogP contribution in [0.15, 0.2) is 108 Å². The molecule has 0 bridgehead atoms. The summed E-state index contributed by atoms with van der Waals surface area (Å²) >= 11 is 0. The first kappa shape index (κ1) is 34.6. The molecule has 1 saturated heterocycles. The van der Waals surface area contributed by atoms with E-state index in [0.29, 0.717) is 5.78 Å². The van der Waals surface area contributed by atoms with E-state index < -0.39 is 38.5 Å². The number of benzene rings is 3. The molecular formula is C38H45N3O7Si. The smallest absolute Gasteiger partial charge is 0.258 e. The van der Waals surface area contributed by atoms with E-state index in [1.54, 1.807) is 37.4 Å². The number of ether oxygens (including phenoxy) is 4. The third-order valence-corrected chi connectivity index (χ3v) is 14.4. The van der Waals surface area contributed by atoms with Crippen molar-refractivity contribution in [2.45, 2.75) is 69.0 Å². The second-order valence-corrected chi connectivity index (χ2v) is 18.6. The van der Waals surface area contributed by atoms with Gasteiger partial charge in [0.25, 0.3) is 5.56 Å². The molecule has 0 spiro atoms. The molecule has 1 N–H and O–H groups in total. The lowest BCUT2D eigenvalue weighted by Gasteiger charge is -2.41. The van der Waals surface area contributed by atoms with E-state index in [2.05, 4.69) is 38.8 Å². The second kappa shape index (κ2) is 13.6. The molecule has 1 aliphatic heterocycles. The Kier molecular flexibility index (Phi) is 9.58. The minimum Gasteiger partial charge on any atom is -0.497 e. The van der Waals surface area contributed by atoms with Crippen LogP contribution in [0, 0.1) is 0 Å². The average Bonchev–Trinajstić information content (AvgIpc) is 3.71. The number of aliphatic hydroxyl groups is 1. The van der Waals surface area contributed by atoms with Crippen molar-refractivity contribution in [3.05, 3.63) is 131 Å². The maximum atomic E-state index is 12.6. The summed E-state index contributed by atoms with van der Waals surface area (Å²) in [5.74, 6) is 1.80. The van der Waals surface area contributed by atoms with Crippen molar-refractivity contribution in [2.75, 3.05) is 20.8 Å². The minimum absolute atomic E-state index is 0.0602. The number of imidazole rings is 1. The molecule has 11 heteroatoms. The van der Waals surface area contributed by atoms with E-state index >= 15 is 0 Å². The predicted octanol–water partition coefficient (Wildman–Crippen LogP) is 6.17. The third kappa shape index (κ3) is 6.44. The van der Waals surface area contributed by atoms with Crippen LogP contribution in [0.5, 0.6) is 11.5 Å². The van der Waals surface area contributed by atoms with Crippen LogP contribution < -0.4 is 15.0 Å². The first-order chi connectivity index (χ1) is 23.4. The van der Waals surface area contributed by atoms with Crippen molar-refractivity contribution in [3.8, 4) is 11.5 Å². The minimum atomic E-state index is -2.42. The maximum absolute atomic E-state index is 12.6. The highest BCUT2D eigenvalue weighted by molar-refractivity contribution is 6.74. The third-order valence-electron chi connectivity index (χ3n) is 9.93. The number of methoxy groups -OCH3 is 2. The van der Waals surface area contributed by atoms with E-state index in [9.17, 15) is 9.90 Å². The van der Waals surface area contributed by atoms with Gasteiger partial charge >= 0.3 is 0 Å². The number of hydrogen-bond donors (Lipinski definition) is 1. The fourth-order valence-electron chi connectivity index (χ4n) is 6.18. The van der Waals surface area contributed by atoms with E-state index in [1.165, 1.54) is 10.5 Å². The summed E-state index contributed by atoms with van der Waals surface area (Å²) in [6, 6.07) is 27.2. The monoisotopic (exact) mass is 683 g/mol. The summed E-state index contributed by atoms with van der Waals surface area (Å²) in [7, 11) is 0.855. The molecule has 1 fully saturated rings. The van der Waals surface area contributed by atoms with Gasteiger partial charge in [-0.1, -0.05) is 75.4 Å². The van der Waals surface area contributed by atoms with Crippen molar-refractivity contribution >= 4 is 14.1 Å². The largest absolute Gasteiger partial charge is 0.497 e. The quantitative estimate of drug-likeness (QED) is 0.130. The average molecular weight is 684 g/mol. The number of hydrogen-bond acceptors (Lipinski definition) is 8. The Hall–Kier alpha value is -4.26. The molecule has 0 aliphatic carbocycles. The zero-order valence-corrected chi connectivity index (χ0v) is 30.1. The lowest BCUT2D eigenvalue weighted by atomic mass is 9.80. The molecule has 2 aromatic heterocycles. The molecule has 4 atom stereocenters. The summed E-state index contributed by atoms with van der Waals surface area (Å²) in [6.07, 6.45) is 1.35. The Morgan fingerprint density at radius 3 is 1.96 bits per heavy atom. The van der Waals surface area contributed by atoms with Crippen molar-refractivity contribution < 1.29 is 28.5 Å². The van der Waals surface area contributed by atoms with E-state index in [1.807, 2.05) is 78.9 Å². The summed E-state index contributed by atoms with van der Waals surface area (Å²) in [4.78, 5) is 17.0. The standard InChI is InChI=1S/C38H45N3O7Si/c1-37(2,3)49(6,7)48-34-31(47-35(33(34)43)41-23-21-32(42)40-24-22-39-36(40)41)25-46-38(26-11-9-8-10-12-26,27-13-17-29(44-4)18-14-27)28-15-19-30(45-5)20-16-28/h8-24,31,33-35,43H,25H2,1-7H3/t31-,33-,34-,35-/m1/s1. The highest BCUT2D eigenvalue weighted by Crippen LogP contribution is 2.45. The van der Waals surface area contributed by atoms with Gasteiger partial charge in [0.1, 0.15) is 35.4 Å². The Bertz CT molecular complexity index is 1870. The summed E-state index contributed by atoms with van der Waals surface area (Å²) in [6.45, 7) is 10.8. The van der Waals surface area contributed by atoms with Gasteiger partial charge in [0.15, 0.2) is 14.5 Å². The van der Waals surface area contributed by atoms with Gasteiger partial charge in [0.2, 0.25) is 5.78 Å². The normalized spacial score (nSPS) is 20.1. The molecule has 6 rings (SSSR count). The number of nitrogens with zero attached hydrogens (tertiary/aromatic N) is 3. The van der Waals surface area contributed by atoms with Crippen molar-refractivity contribution in [1.29, 1.82) is 0 Å². The number of fused-ring (bicyclic) bond motifs is 1. The van der Waals surface area contributed by atoms with Crippen LogP contribution in [0.3, 0.4) is 0 Å². The first-order valence-electron chi connectivity index (χ1n) is 16.4. The number of aromatic nitrogens is 3. The lowest BCUT2D eigenvalue weighted by molar-refractivity contribution is -0.0932. The second-order valence-electron chi connectivity index (χ2n) is 13.9. The van der Waals surface area contributed by atoms with Crippen molar-refractivity contribution in [2.24, 2.45) is 0 Å². The van der Waals surface area contributed by atoms with Crippen LogP contribution in [0.25, 0.3) is 5.78 Å². The molecule has 49 heavy (non-hydrogen) atoms. The Balaban J connectivity index is 1.46. The van der Waals surface area contributed by atoms with Gasteiger partial charge in [0.05, 0.1) is 20.8 Å². The maximum Gasteiger partial charge on any atom is 0.258 e. The van der Waals surface area contributed by atoms with Crippen molar-refractivity contribution in [3.63, 3.8) is 0 Å². The van der Waals surface area contributed by atoms with Crippen LogP contribution in [0.2, 0.25) is 18.1 Å². The molecule has 258 valence electrons. The highest BCUT2D eigenvalue weighted by atomic mass is 28.4. The molecule has 1 aliphatic rings. The highest BCUT2D eigenvalue weighted by Gasteiger charge is 2.51. The zero-order valence-electron chi connectivity index (χ0n) is 29.1. The molecule has 3 heterocycles. The number of rotatable bonds is 11. The van der Waals surface area contributed by atoms with Gasteiger partial charge in [-0.3, -0.25) is 13.8 Å². The summed E-state index contributed by atoms with van der Waals surface area (Å²) < 4.78 is 35.0. The van der Waals surface area contributed by atoms with Crippen LogP contribution >= 0.6 is 0 Å². The Labute approximate surface area is 288 Å². The Morgan fingerprint density at radius 2 is 1.41 bits per heavy atom. The molecule has 0 radical (unpaired) electrons. The van der Waals surface area contributed by atoms with E-state index in [0.717, 1.165) is 28.2 Å². The molecule has 0 saturated carbocycles. The fraction of sp³-hybridized carbons (Fsp3) is 0.368. The Morgan fingerprint density at radius 1 is 0.837 bits per heavy atom. The van der Waals surface area contributed by atoms with Gasteiger partial charge in [-0.2, -0.15) is 0 Å². The SMILES string of the molecule is COc1ccc(C(OC[C@H]2O[C@@H](n3ccc(=O)n4ccnc34)[C@H](O)[C@@H]2O[Si](C)(C)C(C)(C)C)(c2ccccc2)c2ccc(OC)cc2)cc1. The van der Waals surface area contributed by atoms with E-state index in [-0.39, 0.29) is 17.2 Å². The molecule has 3 aromatic carbocycles. The molecule has 0 unspecified atom stereocenters. The van der Waals surface area contributed by atoms with Gasteiger partial charge in [-0.15, -0.1) is 0 Å². The van der Waals surface area contributed by atoms with Gasteiger partial charge < -0.3 is 28.5 Å². The lowest BCUT2D eigenvalue weighted by Crippen LogP contribution is -2.50. The predicted molar refractivity (Wildman–Crippen MR) is 190 cm³/mol. The first-order valence-corrected chi connectivity index (χ1v) is 19.3. The van der Waals surface area contributed by atoms with Crippen LogP contribution in [0.4, 0.5) is 0 Å². The fourth-order valence-corrected chi connectivity index (χ4v) is 7.50. The molecule has 10 nitrogen and oxygen atoms in total.